The van der Waals surface area contributed by atoms with Crippen LogP contribution in [0.25, 0.3) is 0 Å². The number of rotatable bonds is 2. The quantitative estimate of drug-likeness (QED) is 0.809. The molecule has 0 aromatic heterocycles. The normalized spacial score (nSPS) is 19.2. The van der Waals surface area contributed by atoms with E-state index in [1.54, 1.807) is 35.0 Å². The Labute approximate surface area is 153 Å². The molecule has 7 nitrogen and oxygen atoms in total. The maximum absolute atomic E-state index is 13.0. The van der Waals surface area contributed by atoms with Crippen LogP contribution in [0.15, 0.2) is 18.2 Å². The van der Waals surface area contributed by atoms with Gasteiger partial charge in [0.15, 0.2) is 11.5 Å². The minimum absolute atomic E-state index is 0.0598. The number of likely N-dealkylation sites (tertiary alicyclic amines) is 1. The predicted molar refractivity (Wildman–Crippen MR) is 95.7 cm³/mol. The highest BCUT2D eigenvalue weighted by atomic mass is 16.6. The molecule has 0 bridgehead atoms. The fourth-order valence-corrected chi connectivity index (χ4v) is 3.15. The van der Waals surface area contributed by atoms with E-state index in [0.29, 0.717) is 49.8 Å². The molecule has 0 radical (unpaired) electrons. The zero-order valence-corrected chi connectivity index (χ0v) is 15.8. The van der Waals surface area contributed by atoms with Crippen molar-refractivity contribution < 1.29 is 23.8 Å². The highest BCUT2D eigenvalue weighted by Crippen LogP contribution is 2.34. The Kier molecular flexibility index (Phi) is 4.98. The number of fused-ring (bicyclic) bond motifs is 1. The van der Waals surface area contributed by atoms with Crippen LogP contribution in [0.3, 0.4) is 0 Å². The maximum Gasteiger partial charge on any atom is 0.410 e. The molecule has 0 aliphatic carbocycles. The first-order valence-electron chi connectivity index (χ1n) is 8.90. The SMILES string of the molecule is CN(C(=O)c1cccc2c1OCCO2)[C@H]1CCN(C(=O)OC(C)(C)C)C1. The molecule has 2 amide bonds. The summed E-state index contributed by atoms with van der Waals surface area (Å²) < 4.78 is 16.6. The largest absolute Gasteiger partial charge is 0.486 e. The second-order valence-corrected chi connectivity index (χ2v) is 7.61. The molecular formula is C19H26N2O5. The lowest BCUT2D eigenvalue weighted by Crippen LogP contribution is -2.41. The van der Waals surface area contributed by atoms with Crippen molar-refractivity contribution in [1.82, 2.24) is 9.80 Å². The summed E-state index contributed by atoms with van der Waals surface area (Å²) in [5.41, 5.74) is -0.0439. The van der Waals surface area contributed by atoms with E-state index in [4.69, 9.17) is 14.2 Å². The molecule has 0 N–H and O–H groups in total. The number of hydrogen-bond donors (Lipinski definition) is 0. The first kappa shape index (κ1) is 18.4. The van der Waals surface area contributed by atoms with Gasteiger partial charge in [0.2, 0.25) is 0 Å². The van der Waals surface area contributed by atoms with Crippen LogP contribution in [-0.4, -0.2) is 66.8 Å². The Bertz CT molecular complexity index is 698. The Hall–Kier alpha value is -2.44. The molecule has 0 saturated carbocycles. The summed E-state index contributed by atoms with van der Waals surface area (Å²) in [6.07, 6.45) is 0.378. The number of likely N-dealkylation sites (N-methyl/N-ethyl adjacent to an activating group) is 1. The van der Waals surface area contributed by atoms with Crippen LogP contribution in [-0.2, 0) is 4.74 Å². The zero-order chi connectivity index (χ0) is 18.9. The van der Waals surface area contributed by atoms with Crippen LogP contribution in [0.1, 0.15) is 37.6 Å². The van der Waals surface area contributed by atoms with Crippen molar-refractivity contribution in [2.24, 2.45) is 0 Å². The number of para-hydroxylation sites is 1. The maximum atomic E-state index is 13.0. The molecule has 3 rings (SSSR count). The average Bonchev–Trinajstić information content (AvgIpc) is 3.09. The number of hydrogen-bond acceptors (Lipinski definition) is 5. The van der Waals surface area contributed by atoms with Gasteiger partial charge in [0, 0.05) is 20.1 Å². The first-order valence-corrected chi connectivity index (χ1v) is 8.90. The van der Waals surface area contributed by atoms with Crippen molar-refractivity contribution in [1.29, 1.82) is 0 Å². The smallest absolute Gasteiger partial charge is 0.410 e. The van der Waals surface area contributed by atoms with Gasteiger partial charge in [-0.3, -0.25) is 4.79 Å². The summed E-state index contributed by atoms with van der Waals surface area (Å²) in [6.45, 7) is 7.47. The molecule has 2 heterocycles. The van der Waals surface area contributed by atoms with Gasteiger partial charge in [-0.2, -0.15) is 0 Å². The number of carbonyl (C=O) groups is 2. The first-order chi connectivity index (χ1) is 12.3. The highest BCUT2D eigenvalue weighted by Gasteiger charge is 2.34. The number of ether oxygens (including phenoxy) is 3. The van der Waals surface area contributed by atoms with E-state index < -0.39 is 5.60 Å². The number of amides is 2. The molecule has 1 atom stereocenters. The molecule has 1 saturated heterocycles. The molecule has 1 aromatic rings. The molecular weight excluding hydrogens is 336 g/mol. The second kappa shape index (κ2) is 7.05. The lowest BCUT2D eigenvalue weighted by molar-refractivity contribution is 0.0279. The summed E-state index contributed by atoms with van der Waals surface area (Å²) in [6, 6.07) is 5.27. The third-order valence-corrected chi connectivity index (χ3v) is 4.48. The van der Waals surface area contributed by atoms with Gasteiger partial charge < -0.3 is 24.0 Å². The van der Waals surface area contributed by atoms with Crippen molar-refractivity contribution in [3.63, 3.8) is 0 Å². The van der Waals surface area contributed by atoms with E-state index >= 15 is 0 Å². The number of nitrogens with zero attached hydrogens (tertiary/aromatic N) is 2. The molecule has 2 aliphatic heterocycles. The molecule has 1 aromatic carbocycles. The Morgan fingerprint density at radius 3 is 2.69 bits per heavy atom. The fourth-order valence-electron chi connectivity index (χ4n) is 3.15. The van der Waals surface area contributed by atoms with E-state index in [1.165, 1.54) is 0 Å². The van der Waals surface area contributed by atoms with Gasteiger partial charge in [-0.05, 0) is 39.3 Å². The molecule has 0 spiro atoms. The lowest BCUT2D eigenvalue weighted by Gasteiger charge is -2.28. The van der Waals surface area contributed by atoms with Gasteiger partial charge in [-0.1, -0.05) is 6.07 Å². The molecule has 2 aliphatic rings. The van der Waals surface area contributed by atoms with E-state index in [0.717, 1.165) is 0 Å². The summed E-state index contributed by atoms with van der Waals surface area (Å²) in [4.78, 5) is 28.5. The summed E-state index contributed by atoms with van der Waals surface area (Å²) >= 11 is 0. The minimum atomic E-state index is -0.530. The van der Waals surface area contributed by atoms with Crippen LogP contribution in [0.4, 0.5) is 4.79 Å². The van der Waals surface area contributed by atoms with Gasteiger partial charge in [-0.15, -0.1) is 0 Å². The van der Waals surface area contributed by atoms with Crippen LogP contribution in [0, 0.1) is 0 Å². The van der Waals surface area contributed by atoms with E-state index in [9.17, 15) is 9.59 Å². The summed E-state index contributed by atoms with van der Waals surface area (Å²) in [7, 11) is 1.76. The number of benzene rings is 1. The minimum Gasteiger partial charge on any atom is -0.486 e. The van der Waals surface area contributed by atoms with Gasteiger partial charge in [0.25, 0.3) is 5.91 Å². The third-order valence-electron chi connectivity index (χ3n) is 4.48. The zero-order valence-electron chi connectivity index (χ0n) is 15.8. The summed E-state index contributed by atoms with van der Waals surface area (Å²) in [5.74, 6) is 0.957. The van der Waals surface area contributed by atoms with Gasteiger partial charge in [0.1, 0.15) is 18.8 Å². The second-order valence-electron chi connectivity index (χ2n) is 7.61. The Balaban J connectivity index is 1.68. The molecule has 142 valence electrons. The summed E-state index contributed by atoms with van der Waals surface area (Å²) in [5, 5.41) is 0. The average molecular weight is 362 g/mol. The standard InChI is InChI=1S/C19H26N2O5/c1-19(2,3)26-18(23)21-9-8-13(12-21)20(4)17(22)14-6-5-7-15-16(14)25-11-10-24-15/h5-7,13H,8-12H2,1-4H3/t13-/m0/s1. The van der Waals surface area contributed by atoms with Gasteiger partial charge in [-0.25, -0.2) is 4.79 Å². The van der Waals surface area contributed by atoms with Crippen LogP contribution in [0.2, 0.25) is 0 Å². The Morgan fingerprint density at radius 1 is 1.23 bits per heavy atom. The van der Waals surface area contributed by atoms with E-state index in [-0.39, 0.29) is 18.0 Å². The molecule has 26 heavy (non-hydrogen) atoms. The van der Waals surface area contributed by atoms with Gasteiger partial charge >= 0.3 is 6.09 Å². The van der Waals surface area contributed by atoms with Crippen molar-refractivity contribution in [3.05, 3.63) is 23.8 Å². The monoisotopic (exact) mass is 362 g/mol. The van der Waals surface area contributed by atoms with E-state index in [1.807, 2.05) is 20.8 Å². The van der Waals surface area contributed by atoms with Crippen LogP contribution < -0.4 is 9.47 Å². The number of carbonyl (C=O) groups excluding carboxylic acids is 2. The molecule has 7 heteroatoms. The van der Waals surface area contributed by atoms with Crippen molar-refractivity contribution >= 4 is 12.0 Å². The predicted octanol–water partition coefficient (Wildman–Crippen LogP) is 2.54. The van der Waals surface area contributed by atoms with Crippen molar-refractivity contribution in [3.8, 4) is 11.5 Å². The fraction of sp³-hybridized carbons (Fsp3) is 0.579. The highest BCUT2D eigenvalue weighted by molar-refractivity contribution is 5.98. The van der Waals surface area contributed by atoms with E-state index in [2.05, 4.69) is 0 Å². The van der Waals surface area contributed by atoms with Crippen LogP contribution >= 0.6 is 0 Å². The molecule has 1 fully saturated rings. The van der Waals surface area contributed by atoms with Gasteiger partial charge in [0.05, 0.1) is 11.6 Å². The topological polar surface area (TPSA) is 68.3 Å². The molecule has 0 unspecified atom stereocenters. The third kappa shape index (κ3) is 3.86. The lowest BCUT2D eigenvalue weighted by atomic mass is 10.1. The van der Waals surface area contributed by atoms with Crippen molar-refractivity contribution in [2.75, 3.05) is 33.4 Å². The van der Waals surface area contributed by atoms with Crippen molar-refractivity contribution in [2.45, 2.75) is 38.8 Å². The Morgan fingerprint density at radius 2 is 1.96 bits per heavy atom. The van der Waals surface area contributed by atoms with Crippen LogP contribution in [0.5, 0.6) is 11.5 Å².